The SMILES string of the molecule is CS(=O)(=O)Nc1ccc(-c2csc(NC(=O)Cc3ccc4ccccc4c3)n2)cc1. The lowest BCUT2D eigenvalue weighted by Crippen LogP contribution is -2.14. The molecule has 4 rings (SSSR count). The highest BCUT2D eigenvalue weighted by atomic mass is 32.2. The van der Waals surface area contributed by atoms with Crippen molar-refractivity contribution < 1.29 is 13.2 Å². The molecule has 0 atom stereocenters. The predicted octanol–water partition coefficient (Wildman–Crippen LogP) is 4.52. The van der Waals surface area contributed by atoms with Gasteiger partial charge in [0, 0.05) is 16.6 Å². The van der Waals surface area contributed by atoms with E-state index in [-0.39, 0.29) is 12.3 Å². The van der Waals surface area contributed by atoms with Gasteiger partial charge in [-0.3, -0.25) is 9.52 Å². The number of hydrogen-bond acceptors (Lipinski definition) is 5. The normalized spacial score (nSPS) is 11.4. The number of thiazole rings is 1. The van der Waals surface area contributed by atoms with Gasteiger partial charge >= 0.3 is 0 Å². The van der Waals surface area contributed by atoms with Crippen LogP contribution in [0, 0.1) is 0 Å². The lowest BCUT2D eigenvalue weighted by Gasteiger charge is -2.05. The standard InChI is InChI=1S/C22H19N3O3S2/c1-30(27,28)25-19-10-8-17(9-11-19)20-14-29-22(23-20)24-21(26)13-15-6-7-16-4-2-3-5-18(16)12-15/h2-12,14,25H,13H2,1H3,(H,23,24,26). The maximum Gasteiger partial charge on any atom is 0.230 e. The summed E-state index contributed by atoms with van der Waals surface area (Å²) in [7, 11) is -3.31. The van der Waals surface area contributed by atoms with E-state index in [1.807, 2.05) is 47.8 Å². The van der Waals surface area contributed by atoms with Crippen LogP contribution in [0.1, 0.15) is 5.56 Å². The van der Waals surface area contributed by atoms with Gasteiger partial charge in [-0.15, -0.1) is 11.3 Å². The summed E-state index contributed by atoms with van der Waals surface area (Å²) in [5, 5.41) is 7.47. The first-order valence-corrected chi connectivity index (χ1v) is 11.9. The predicted molar refractivity (Wildman–Crippen MR) is 122 cm³/mol. The Labute approximate surface area is 178 Å². The number of carbonyl (C=O) groups excluding carboxylic acids is 1. The lowest BCUT2D eigenvalue weighted by molar-refractivity contribution is -0.115. The van der Waals surface area contributed by atoms with Crippen molar-refractivity contribution in [1.82, 2.24) is 4.98 Å². The molecule has 1 aromatic heterocycles. The molecule has 0 aliphatic rings. The summed E-state index contributed by atoms with van der Waals surface area (Å²) in [5.41, 5.74) is 2.98. The minimum atomic E-state index is -3.31. The van der Waals surface area contributed by atoms with Crippen LogP contribution in [0.3, 0.4) is 0 Å². The van der Waals surface area contributed by atoms with Crippen LogP contribution in [0.25, 0.3) is 22.0 Å². The van der Waals surface area contributed by atoms with Gasteiger partial charge < -0.3 is 5.32 Å². The molecule has 0 unspecified atom stereocenters. The van der Waals surface area contributed by atoms with Crippen molar-refractivity contribution in [3.8, 4) is 11.3 Å². The molecule has 0 saturated heterocycles. The summed E-state index contributed by atoms with van der Waals surface area (Å²) in [4.78, 5) is 16.9. The third kappa shape index (κ3) is 5.03. The van der Waals surface area contributed by atoms with Gasteiger partial charge in [0.1, 0.15) is 0 Å². The average Bonchev–Trinajstić information content (AvgIpc) is 3.15. The van der Waals surface area contributed by atoms with Crippen molar-refractivity contribution in [2.45, 2.75) is 6.42 Å². The van der Waals surface area contributed by atoms with Crippen molar-refractivity contribution in [2.24, 2.45) is 0 Å². The Morgan fingerprint density at radius 1 is 1.00 bits per heavy atom. The smallest absolute Gasteiger partial charge is 0.230 e. The summed E-state index contributed by atoms with van der Waals surface area (Å²) >= 11 is 1.35. The number of hydrogen-bond donors (Lipinski definition) is 2. The molecule has 1 heterocycles. The summed E-state index contributed by atoms with van der Waals surface area (Å²) in [5.74, 6) is -0.126. The fourth-order valence-corrected chi connectivity index (χ4v) is 4.38. The first-order chi connectivity index (χ1) is 14.4. The van der Waals surface area contributed by atoms with E-state index in [0.717, 1.165) is 28.2 Å². The first-order valence-electron chi connectivity index (χ1n) is 9.17. The molecule has 1 amide bonds. The fourth-order valence-electron chi connectivity index (χ4n) is 3.08. The number of nitrogens with zero attached hydrogens (tertiary/aromatic N) is 1. The van der Waals surface area contributed by atoms with Crippen molar-refractivity contribution in [1.29, 1.82) is 0 Å². The Hall–Kier alpha value is -3.23. The van der Waals surface area contributed by atoms with E-state index in [0.29, 0.717) is 16.5 Å². The number of rotatable bonds is 6. The van der Waals surface area contributed by atoms with Gasteiger partial charge in [-0.25, -0.2) is 13.4 Å². The molecule has 0 aliphatic heterocycles. The van der Waals surface area contributed by atoms with E-state index < -0.39 is 10.0 Å². The Bertz CT molecular complexity index is 1310. The number of aromatic nitrogens is 1. The van der Waals surface area contributed by atoms with Gasteiger partial charge in [0.2, 0.25) is 15.9 Å². The molecule has 0 saturated carbocycles. The molecule has 0 radical (unpaired) electrons. The molecule has 152 valence electrons. The average molecular weight is 438 g/mol. The topological polar surface area (TPSA) is 88.2 Å². The third-order valence-corrected chi connectivity index (χ3v) is 5.78. The van der Waals surface area contributed by atoms with Crippen molar-refractivity contribution in [3.63, 3.8) is 0 Å². The number of fused-ring (bicyclic) bond motifs is 1. The molecule has 3 aromatic carbocycles. The Kier molecular flexibility index (Phi) is 5.52. The van der Waals surface area contributed by atoms with Crippen LogP contribution in [0.5, 0.6) is 0 Å². The molecule has 4 aromatic rings. The Morgan fingerprint density at radius 2 is 1.73 bits per heavy atom. The minimum Gasteiger partial charge on any atom is -0.302 e. The summed E-state index contributed by atoms with van der Waals surface area (Å²) < 4.78 is 25.0. The zero-order chi connectivity index (χ0) is 21.1. The maximum atomic E-state index is 12.4. The molecule has 0 aliphatic carbocycles. The van der Waals surface area contributed by atoms with Crippen LogP contribution in [0.15, 0.2) is 72.1 Å². The van der Waals surface area contributed by atoms with Gasteiger partial charge in [-0.2, -0.15) is 0 Å². The molecule has 0 fully saturated rings. The Balaban J connectivity index is 1.41. The first kappa shape index (κ1) is 20.1. The fraction of sp³-hybridized carbons (Fsp3) is 0.0909. The highest BCUT2D eigenvalue weighted by molar-refractivity contribution is 7.92. The van der Waals surface area contributed by atoms with Crippen molar-refractivity contribution >= 4 is 48.9 Å². The second-order valence-corrected chi connectivity index (χ2v) is 9.50. The van der Waals surface area contributed by atoms with Gasteiger partial charge in [0.25, 0.3) is 0 Å². The monoisotopic (exact) mass is 437 g/mol. The second-order valence-electron chi connectivity index (χ2n) is 6.90. The number of sulfonamides is 1. The lowest BCUT2D eigenvalue weighted by atomic mass is 10.1. The van der Waals surface area contributed by atoms with Crippen LogP contribution in [0.2, 0.25) is 0 Å². The highest BCUT2D eigenvalue weighted by Gasteiger charge is 2.10. The number of amides is 1. The summed E-state index contributed by atoms with van der Waals surface area (Å²) in [6.07, 6.45) is 1.37. The molecule has 0 bridgehead atoms. The van der Waals surface area contributed by atoms with E-state index in [1.54, 1.807) is 24.3 Å². The summed E-state index contributed by atoms with van der Waals surface area (Å²) in [6, 6.07) is 20.9. The van der Waals surface area contributed by atoms with E-state index in [1.165, 1.54) is 11.3 Å². The van der Waals surface area contributed by atoms with Crippen LogP contribution in [-0.4, -0.2) is 25.6 Å². The molecule has 30 heavy (non-hydrogen) atoms. The van der Waals surface area contributed by atoms with Crippen LogP contribution in [-0.2, 0) is 21.2 Å². The van der Waals surface area contributed by atoms with Crippen LogP contribution < -0.4 is 10.0 Å². The number of carbonyl (C=O) groups is 1. The quantitative estimate of drug-likeness (QED) is 0.464. The number of benzene rings is 3. The number of anilines is 2. The zero-order valence-electron chi connectivity index (χ0n) is 16.1. The van der Waals surface area contributed by atoms with Gasteiger partial charge in [0.15, 0.2) is 5.13 Å². The van der Waals surface area contributed by atoms with Gasteiger partial charge in [-0.1, -0.05) is 54.6 Å². The third-order valence-electron chi connectivity index (χ3n) is 4.41. The van der Waals surface area contributed by atoms with Crippen LogP contribution in [0.4, 0.5) is 10.8 Å². The van der Waals surface area contributed by atoms with Gasteiger partial charge in [0.05, 0.1) is 18.4 Å². The molecule has 2 N–H and O–H groups in total. The molecular weight excluding hydrogens is 418 g/mol. The van der Waals surface area contributed by atoms with E-state index in [4.69, 9.17) is 0 Å². The molecule has 0 spiro atoms. The zero-order valence-corrected chi connectivity index (χ0v) is 17.8. The Morgan fingerprint density at radius 3 is 2.47 bits per heavy atom. The minimum absolute atomic E-state index is 0.126. The molecular formula is C22H19N3O3S2. The van der Waals surface area contributed by atoms with E-state index in [2.05, 4.69) is 15.0 Å². The molecule has 8 heteroatoms. The van der Waals surface area contributed by atoms with Crippen molar-refractivity contribution in [2.75, 3.05) is 16.3 Å². The van der Waals surface area contributed by atoms with Crippen LogP contribution >= 0.6 is 11.3 Å². The van der Waals surface area contributed by atoms with E-state index >= 15 is 0 Å². The number of nitrogens with one attached hydrogen (secondary N) is 2. The second kappa shape index (κ2) is 8.25. The van der Waals surface area contributed by atoms with Crippen molar-refractivity contribution in [3.05, 3.63) is 77.7 Å². The van der Waals surface area contributed by atoms with E-state index in [9.17, 15) is 13.2 Å². The largest absolute Gasteiger partial charge is 0.302 e. The maximum absolute atomic E-state index is 12.4. The molecule has 6 nitrogen and oxygen atoms in total. The summed E-state index contributed by atoms with van der Waals surface area (Å²) in [6.45, 7) is 0. The van der Waals surface area contributed by atoms with Gasteiger partial charge in [-0.05, 0) is 28.5 Å². The highest BCUT2D eigenvalue weighted by Crippen LogP contribution is 2.26.